The van der Waals surface area contributed by atoms with Crippen molar-refractivity contribution in [3.05, 3.63) is 59.8 Å². The van der Waals surface area contributed by atoms with Crippen LogP contribution in [0.4, 0.5) is 8.78 Å². The molecule has 0 unspecified atom stereocenters. The summed E-state index contributed by atoms with van der Waals surface area (Å²) in [5.41, 5.74) is -1.01. The standard InChI is InChI=1S/C22H23F2N3O3/c1-29-15-5-3-14(4-6-15)27-20(17-8-7-16(30-2)13-18(17)23)19(24)21(26-27)22(28)9-11-25-12-10-22/h3-8,13,25,28H,9-12H2,1-2H3. The number of hydrogen-bond acceptors (Lipinski definition) is 5. The van der Waals surface area contributed by atoms with Gasteiger partial charge in [-0.3, -0.25) is 0 Å². The summed E-state index contributed by atoms with van der Waals surface area (Å²) >= 11 is 0. The van der Waals surface area contributed by atoms with Crippen LogP contribution in [-0.2, 0) is 5.60 Å². The third-order valence-corrected chi connectivity index (χ3v) is 5.45. The van der Waals surface area contributed by atoms with E-state index < -0.39 is 17.2 Å². The Morgan fingerprint density at radius 3 is 2.23 bits per heavy atom. The minimum absolute atomic E-state index is 0.0282. The molecule has 8 heteroatoms. The van der Waals surface area contributed by atoms with Gasteiger partial charge in [0, 0.05) is 11.6 Å². The second kappa shape index (κ2) is 8.04. The Kier molecular flexibility index (Phi) is 5.44. The van der Waals surface area contributed by atoms with E-state index in [1.54, 1.807) is 37.4 Å². The zero-order valence-corrected chi connectivity index (χ0v) is 16.8. The Balaban J connectivity index is 1.92. The molecule has 2 aromatic carbocycles. The van der Waals surface area contributed by atoms with Crippen LogP contribution in [0.2, 0.25) is 0 Å². The van der Waals surface area contributed by atoms with Crippen molar-refractivity contribution < 1.29 is 23.4 Å². The molecule has 0 saturated carbocycles. The molecule has 2 heterocycles. The molecule has 30 heavy (non-hydrogen) atoms. The number of aromatic nitrogens is 2. The number of rotatable bonds is 5. The number of benzene rings is 2. The van der Waals surface area contributed by atoms with Gasteiger partial charge in [0.05, 0.1) is 19.9 Å². The zero-order chi connectivity index (χ0) is 21.3. The van der Waals surface area contributed by atoms with E-state index in [-0.39, 0.29) is 17.0 Å². The van der Waals surface area contributed by atoms with Crippen molar-refractivity contribution in [1.82, 2.24) is 15.1 Å². The Morgan fingerprint density at radius 1 is 1.00 bits per heavy atom. The van der Waals surface area contributed by atoms with E-state index in [1.165, 1.54) is 23.9 Å². The van der Waals surface area contributed by atoms with Crippen LogP contribution in [0.3, 0.4) is 0 Å². The molecule has 1 aliphatic heterocycles. The Hall–Kier alpha value is -2.97. The predicted octanol–water partition coefficient (Wildman–Crippen LogP) is 3.41. The first-order valence-corrected chi connectivity index (χ1v) is 9.67. The SMILES string of the molecule is COc1ccc(-n2nc(C3(O)CCNCC3)c(F)c2-c2ccc(OC)cc2F)cc1. The molecule has 158 valence electrons. The smallest absolute Gasteiger partial charge is 0.175 e. The van der Waals surface area contributed by atoms with E-state index in [0.717, 1.165) is 0 Å². The van der Waals surface area contributed by atoms with Crippen LogP contribution in [0, 0.1) is 11.6 Å². The number of piperidine rings is 1. The average Bonchev–Trinajstić information content (AvgIpc) is 3.12. The quantitative estimate of drug-likeness (QED) is 0.669. The maximum absolute atomic E-state index is 15.7. The minimum atomic E-state index is -1.43. The minimum Gasteiger partial charge on any atom is -0.497 e. The Labute approximate surface area is 173 Å². The second-order valence-corrected chi connectivity index (χ2v) is 7.25. The van der Waals surface area contributed by atoms with Gasteiger partial charge in [-0.15, -0.1) is 0 Å². The lowest BCUT2D eigenvalue weighted by atomic mass is 9.88. The third kappa shape index (κ3) is 3.53. The van der Waals surface area contributed by atoms with Gasteiger partial charge < -0.3 is 19.9 Å². The van der Waals surface area contributed by atoms with E-state index in [4.69, 9.17) is 9.47 Å². The molecule has 4 rings (SSSR count). The fourth-order valence-electron chi connectivity index (χ4n) is 3.73. The molecule has 0 radical (unpaired) electrons. The molecule has 1 aromatic heterocycles. The van der Waals surface area contributed by atoms with Gasteiger partial charge in [0.15, 0.2) is 5.82 Å². The van der Waals surface area contributed by atoms with Gasteiger partial charge in [-0.2, -0.15) is 5.10 Å². The van der Waals surface area contributed by atoms with Crippen LogP contribution < -0.4 is 14.8 Å². The molecular formula is C22H23F2N3O3. The Bertz CT molecular complexity index is 1040. The lowest BCUT2D eigenvalue weighted by Crippen LogP contribution is -2.40. The number of ether oxygens (including phenoxy) is 2. The van der Waals surface area contributed by atoms with Gasteiger partial charge in [-0.25, -0.2) is 13.5 Å². The molecule has 0 atom stereocenters. The fourth-order valence-corrected chi connectivity index (χ4v) is 3.73. The van der Waals surface area contributed by atoms with Gasteiger partial charge >= 0.3 is 0 Å². The van der Waals surface area contributed by atoms with Crippen molar-refractivity contribution in [2.45, 2.75) is 18.4 Å². The molecular weight excluding hydrogens is 392 g/mol. The van der Waals surface area contributed by atoms with Crippen LogP contribution in [0.25, 0.3) is 16.9 Å². The second-order valence-electron chi connectivity index (χ2n) is 7.25. The fraction of sp³-hybridized carbons (Fsp3) is 0.318. The molecule has 3 aromatic rings. The van der Waals surface area contributed by atoms with E-state index in [1.807, 2.05) is 0 Å². The number of halogens is 2. The van der Waals surface area contributed by atoms with Gasteiger partial charge in [-0.05, 0) is 62.3 Å². The maximum atomic E-state index is 15.7. The summed E-state index contributed by atoms with van der Waals surface area (Å²) in [5.74, 6) is -0.434. The van der Waals surface area contributed by atoms with E-state index >= 15 is 4.39 Å². The van der Waals surface area contributed by atoms with Crippen molar-refractivity contribution in [2.24, 2.45) is 0 Å². The largest absolute Gasteiger partial charge is 0.497 e. The normalized spacial score (nSPS) is 15.8. The van der Waals surface area contributed by atoms with Crippen LogP contribution in [0.15, 0.2) is 42.5 Å². The topological polar surface area (TPSA) is 68.5 Å². The summed E-state index contributed by atoms with van der Waals surface area (Å²) in [4.78, 5) is 0. The molecule has 1 fully saturated rings. The van der Waals surface area contributed by atoms with Gasteiger partial charge in [0.2, 0.25) is 0 Å². The molecule has 1 aliphatic rings. The highest BCUT2D eigenvalue weighted by Crippen LogP contribution is 2.38. The molecule has 0 amide bonds. The van der Waals surface area contributed by atoms with Crippen LogP contribution >= 0.6 is 0 Å². The monoisotopic (exact) mass is 415 g/mol. The van der Waals surface area contributed by atoms with Crippen LogP contribution in [0.1, 0.15) is 18.5 Å². The summed E-state index contributed by atoms with van der Waals surface area (Å²) in [6.45, 7) is 1.08. The third-order valence-electron chi connectivity index (χ3n) is 5.45. The predicted molar refractivity (Wildman–Crippen MR) is 108 cm³/mol. The van der Waals surface area contributed by atoms with Crippen molar-refractivity contribution in [3.63, 3.8) is 0 Å². The van der Waals surface area contributed by atoms with Gasteiger partial charge in [-0.1, -0.05) is 0 Å². The van der Waals surface area contributed by atoms with Crippen LogP contribution in [0.5, 0.6) is 11.5 Å². The van der Waals surface area contributed by atoms with Gasteiger partial charge in [0.25, 0.3) is 0 Å². The summed E-state index contributed by atoms with van der Waals surface area (Å²) in [7, 11) is 2.98. The number of methoxy groups -OCH3 is 2. The summed E-state index contributed by atoms with van der Waals surface area (Å²) in [6, 6.07) is 11.0. The first-order chi connectivity index (χ1) is 14.5. The maximum Gasteiger partial charge on any atom is 0.175 e. The number of nitrogens with one attached hydrogen (secondary N) is 1. The van der Waals surface area contributed by atoms with Crippen molar-refractivity contribution in [2.75, 3.05) is 27.3 Å². The lowest BCUT2D eigenvalue weighted by Gasteiger charge is -2.30. The van der Waals surface area contributed by atoms with Crippen molar-refractivity contribution >= 4 is 0 Å². The van der Waals surface area contributed by atoms with Gasteiger partial charge in [0.1, 0.15) is 34.3 Å². The first-order valence-electron chi connectivity index (χ1n) is 9.67. The van der Waals surface area contributed by atoms with E-state index in [9.17, 15) is 9.50 Å². The average molecular weight is 415 g/mol. The van der Waals surface area contributed by atoms with Crippen molar-refractivity contribution in [3.8, 4) is 28.4 Å². The molecule has 2 N–H and O–H groups in total. The van der Waals surface area contributed by atoms with Crippen LogP contribution in [-0.4, -0.2) is 42.2 Å². The number of hydrogen-bond donors (Lipinski definition) is 2. The summed E-state index contributed by atoms with van der Waals surface area (Å²) < 4.78 is 42.2. The highest BCUT2D eigenvalue weighted by atomic mass is 19.1. The molecule has 0 aliphatic carbocycles. The number of nitrogens with zero attached hydrogens (tertiary/aromatic N) is 2. The lowest BCUT2D eigenvalue weighted by molar-refractivity contribution is -0.00149. The molecule has 1 saturated heterocycles. The summed E-state index contributed by atoms with van der Waals surface area (Å²) in [6.07, 6.45) is 0.627. The summed E-state index contributed by atoms with van der Waals surface area (Å²) in [5, 5.41) is 18.7. The first kappa shape index (κ1) is 20.3. The molecule has 6 nitrogen and oxygen atoms in total. The number of aliphatic hydroxyl groups is 1. The zero-order valence-electron chi connectivity index (χ0n) is 16.8. The highest BCUT2D eigenvalue weighted by molar-refractivity contribution is 5.66. The molecule has 0 bridgehead atoms. The van der Waals surface area contributed by atoms with E-state index in [0.29, 0.717) is 43.1 Å². The molecule has 0 spiro atoms. The van der Waals surface area contributed by atoms with E-state index in [2.05, 4.69) is 10.4 Å². The Morgan fingerprint density at radius 2 is 1.63 bits per heavy atom. The van der Waals surface area contributed by atoms with Crippen molar-refractivity contribution in [1.29, 1.82) is 0 Å². The highest BCUT2D eigenvalue weighted by Gasteiger charge is 2.39.